The van der Waals surface area contributed by atoms with Gasteiger partial charge in [-0.2, -0.15) is 17.0 Å². The molecule has 3 heterocycles. The molecular weight excluding hydrogens is 300 g/mol. The van der Waals surface area contributed by atoms with Gasteiger partial charge in [0, 0.05) is 34.2 Å². The first-order chi connectivity index (χ1) is 10.3. The number of nitriles is 1. The van der Waals surface area contributed by atoms with Crippen molar-refractivity contribution in [1.82, 2.24) is 0 Å². The van der Waals surface area contributed by atoms with Gasteiger partial charge in [-0.05, 0) is 37.1 Å². The highest BCUT2D eigenvalue weighted by molar-refractivity contribution is 8.01. The molecule has 1 aromatic heterocycles. The minimum absolute atomic E-state index is 0.125. The van der Waals surface area contributed by atoms with Crippen LogP contribution in [0, 0.1) is 11.3 Å². The smallest absolute Gasteiger partial charge is 0.161 e. The van der Waals surface area contributed by atoms with Crippen molar-refractivity contribution in [3.05, 3.63) is 33.2 Å². The summed E-state index contributed by atoms with van der Waals surface area (Å²) in [6.45, 7) is 0. The van der Waals surface area contributed by atoms with E-state index in [2.05, 4.69) is 6.07 Å². The van der Waals surface area contributed by atoms with E-state index in [0.717, 1.165) is 46.0 Å². The summed E-state index contributed by atoms with van der Waals surface area (Å²) < 4.78 is 0. The molecule has 3 aliphatic rings. The second-order valence-corrected chi connectivity index (χ2v) is 7.94. The van der Waals surface area contributed by atoms with Gasteiger partial charge in [-0.25, -0.2) is 0 Å². The van der Waals surface area contributed by atoms with Crippen molar-refractivity contribution in [2.24, 2.45) is 4.99 Å². The third kappa shape index (κ3) is 2.09. The van der Waals surface area contributed by atoms with Gasteiger partial charge in [0.15, 0.2) is 5.78 Å². The molecule has 0 N–H and O–H groups in total. The van der Waals surface area contributed by atoms with Gasteiger partial charge in [-0.15, -0.1) is 11.3 Å². The zero-order chi connectivity index (χ0) is 14.4. The average molecular weight is 314 g/mol. The minimum atomic E-state index is 0.125. The first kappa shape index (κ1) is 13.3. The van der Waals surface area contributed by atoms with Crippen molar-refractivity contribution in [2.45, 2.75) is 36.9 Å². The summed E-state index contributed by atoms with van der Waals surface area (Å²) in [5, 5.41) is 9.38. The van der Waals surface area contributed by atoms with Gasteiger partial charge in [0.05, 0.1) is 5.25 Å². The van der Waals surface area contributed by atoms with Crippen LogP contribution >= 0.6 is 23.1 Å². The number of rotatable bonds is 1. The maximum absolute atomic E-state index is 12.5. The molecule has 3 nitrogen and oxygen atoms in total. The standard InChI is InChI=1S/C16H14N2OS2/c17-8-9-4-5-13(21-9)15-14-10(2-1-3-12(14)19)18-11-6-7-20-16(11)15/h4-5,15-16H,1-3,6-7H2. The quantitative estimate of drug-likeness (QED) is 0.794. The Balaban J connectivity index is 1.86. The Morgan fingerprint density at radius 3 is 3.00 bits per heavy atom. The lowest BCUT2D eigenvalue weighted by Crippen LogP contribution is -2.31. The van der Waals surface area contributed by atoms with E-state index in [1.165, 1.54) is 17.0 Å². The Hall–Kier alpha value is -1.38. The number of carbonyl (C=O) groups excluding carboxylic acids is 1. The van der Waals surface area contributed by atoms with E-state index in [-0.39, 0.29) is 11.7 Å². The molecule has 2 unspecified atom stereocenters. The first-order valence-corrected chi connectivity index (χ1v) is 9.09. The topological polar surface area (TPSA) is 53.2 Å². The molecule has 0 radical (unpaired) electrons. The van der Waals surface area contributed by atoms with Gasteiger partial charge < -0.3 is 0 Å². The Morgan fingerprint density at radius 1 is 1.29 bits per heavy atom. The number of ketones is 1. The lowest BCUT2D eigenvalue weighted by molar-refractivity contribution is -0.116. The molecule has 0 bridgehead atoms. The Morgan fingerprint density at radius 2 is 2.19 bits per heavy atom. The van der Waals surface area contributed by atoms with Gasteiger partial charge in [-0.3, -0.25) is 9.79 Å². The van der Waals surface area contributed by atoms with Crippen molar-refractivity contribution in [2.75, 3.05) is 5.75 Å². The zero-order valence-electron chi connectivity index (χ0n) is 11.5. The summed E-state index contributed by atoms with van der Waals surface area (Å²) in [6, 6.07) is 6.11. The van der Waals surface area contributed by atoms with Crippen molar-refractivity contribution >= 4 is 34.6 Å². The Labute approximate surface area is 131 Å². The molecule has 0 amide bonds. The molecule has 1 aliphatic carbocycles. The third-order valence-corrected chi connectivity index (χ3v) is 6.76. The summed E-state index contributed by atoms with van der Waals surface area (Å²) >= 11 is 3.44. The number of nitrogens with zero attached hydrogens (tertiary/aromatic N) is 2. The second kappa shape index (κ2) is 5.11. The summed E-state index contributed by atoms with van der Waals surface area (Å²) in [5.41, 5.74) is 3.22. The van der Waals surface area contributed by atoms with Crippen LogP contribution < -0.4 is 0 Å². The summed E-state index contributed by atoms with van der Waals surface area (Å²) in [7, 11) is 0. The normalized spacial score (nSPS) is 28.0. The van der Waals surface area contributed by atoms with Gasteiger partial charge >= 0.3 is 0 Å². The Kier molecular flexibility index (Phi) is 3.24. The average Bonchev–Trinajstić information content (AvgIpc) is 3.14. The van der Waals surface area contributed by atoms with E-state index in [9.17, 15) is 4.79 Å². The van der Waals surface area contributed by atoms with Gasteiger partial charge in [-0.1, -0.05) is 0 Å². The van der Waals surface area contributed by atoms with E-state index < -0.39 is 0 Å². The van der Waals surface area contributed by atoms with E-state index >= 15 is 0 Å². The summed E-state index contributed by atoms with van der Waals surface area (Å²) in [5.74, 6) is 1.48. The SMILES string of the molecule is N#Cc1ccc(C2C3=C(CCCC3=O)N=C3CCSC32)s1. The van der Waals surface area contributed by atoms with Crippen LogP contribution in [0.3, 0.4) is 0 Å². The van der Waals surface area contributed by atoms with Crippen molar-refractivity contribution < 1.29 is 4.79 Å². The first-order valence-electron chi connectivity index (χ1n) is 7.23. The van der Waals surface area contributed by atoms with Crippen LogP contribution in [0.25, 0.3) is 0 Å². The molecule has 1 saturated heterocycles. The molecule has 0 spiro atoms. The van der Waals surface area contributed by atoms with Gasteiger partial charge in [0.2, 0.25) is 0 Å². The molecule has 4 rings (SSSR count). The zero-order valence-corrected chi connectivity index (χ0v) is 13.1. The number of thiophene rings is 1. The predicted molar refractivity (Wildman–Crippen MR) is 86.0 cm³/mol. The van der Waals surface area contributed by atoms with E-state index in [1.807, 2.05) is 23.9 Å². The lowest BCUT2D eigenvalue weighted by atomic mass is 9.80. The lowest BCUT2D eigenvalue weighted by Gasteiger charge is -2.32. The molecule has 2 aliphatic heterocycles. The van der Waals surface area contributed by atoms with Crippen molar-refractivity contribution in [3.63, 3.8) is 0 Å². The number of aliphatic imine (C=N–C) groups is 1. The van der Waals surface area contributed by atoms with Crippen LogP contribution in [-0.2, 0) is 4.79 Å². The minimum Gasteiger partial charge on any atom is -0.294 e. The number of hydrogen-bond donors (Lipinski definition) is 0. The molecule has 5 heteroatoms. The summed E-state index contributed by atoms with van der Waals surface area (Å²) in [4.78, 5) is 19.2. The molecular formula is C16H14N2OS2. The molecule has 1 fully saturated rings. The molecule has 21 heavy (non-hydrogen) atoms. The number of carbonyl (C=O) groups is 1. The molecule has 0 aromatic carbocycles. The molecule has 0 saturated carbocycles. The molecule has 106 valence electrons. The fourth-order valence-corrected chi connectivity index (χ4v) is 5.91. The van der Waals surface area contributed by atoms with Crippen LogP contribution in [0.5, 0.6) is 0 Å². The molecule has 1 aromatic rings. The van der Waals surface area contributed by atoms with E-state index in [0.29, 0.717) is 11.7 Å². The number of fused-ring (bicyclic) bond motifs is 1. The van der Waals surface area contributed by atoms with Crippen LogP contribution in [-0.4, -0.2) is 22.5 Å². The fourth-order valence-electron chi connectivity index (χ4n) is 3.45. The number of hydrogen-bond acceptors (Lipinski definition) is 5. The van der Waals surface area contributed by atoms with Crippen LogP contribution in [0.15, 0.2) is 28.4 Å². The summed E-state index contributed by atoms with van der Waals surface area (Å²) in [6.07, 6.45) is 3.53. The Bertz CT molecular complexity index is 723. The number of allylic oxidation sites excluding steroid dienone is 2. The predicted octanol–water partition coefficient (Wildman–Crippen LogP) is 3.67. The fraction of sp³-hybridized carbons (Fsp3) is 0.438. The van der Waals surface area contributed by atoms with Gasteiger partial charge in [0.1, 0.15) is 10.9 Å². The third-order valence-electron chi connectivity index (χ3n) is 4.35. The highest BCUT2D eigenvalue weighted by Crippen LogP contribution is 2.48. The number of Topliss-reactive ketones (excluding diaryl/α,β-unsaturated/α-hetero) is 1. The monoisotopic (exact) mass is 314 g/mol. The second-order valence-electron chi connectivity index (χ2n) is 5.57. The maximum Gasteiger partial charge on any atom is 0.161 e. The highest BCUT2D eigenvalue weighted by atomic mass is 32.2. The van der Waals surface area contributed by atoms with Crippen LogP contribution in [0.1, 0.15) is 41.4 Å². The van der Waals surface area contributed by atoms with Crippen molar-refractivity contribution in [3.8, 4) is 6.07 Å². The largest absolute Gasteiger partial charge is 0.294 e. The van der Waals surface area contributed by atoms with Gasteiger partial charge in [0.25, 0.3) is 0 Å². The van der Waals surface area contributed by atoms with Crippen LogP contribution in [0.2, 0.25) is 0 Å². The van der Waals surface area contributed by atoms with E-state index in [1.54, 1.807) is 0 Å². The highest BCUT2D eigenvalue weighted by Gasteiger charge is 2.42. The van der Waals surface area contributed by atoms with Crippen molar-refractivity contribution in [1.29, 1.82) is 5.26 Å². The van der Waals surface area contributed by atoms with E-state index in [4.69, 9.17) is 10.3 Å². The van der Waals surface area contributed by atoms with Crippen LogP contribution in [0.4, 0.5) is 0 Å². The molecule has 2 atom stereocenters. The number of thioether (sulfide) groups is 1. The maximum atomic E-state index is 12.5.